The zero-order valence-electron chi connectivity index (χ0n) is 14.1. The highest BCUT2D eigenvalue weighted by Gasteiger charge is 2.06. The molecule has 6 heteroatoms. The molecule has 0 aliphatic heterocycles. The second kappa shape index (κ2) is 9.17. The van der Waals surface area contributed by atoms with Crippen molar-refractivity contribution in [3.8, 4) is 11.3 Å². The van der Waals surface area contributed by atoms with E-state index < -0.39 is 0 Å². The van der Waals surface area contributed by atoms with E-state index in [-0.39, 0.29) is 11.8 Å². The highest BCUT2D eigenvalue weighted by atomic mass is 32.1. The Morgan fingerprint density at radius 1 is 1.21 bits per heavy atom. The molecule has 2 aromatic rings. The van der Waals surface area contributed by atoms with Crippen molar-refractivity contribution < 1.29 is 9.59 Å². The van der Waals surface area contributed by atoms with Crippen LogP contribution in [0.1, 0.15) is 38.1 Å². The number of carbonyl (C=O) groups excluding carboxylic acids is 2. The molecule has 2 N–H and O–H groups in total. The van der Waals surface area contributed by atoms with Crippen molar-refractivity contribution in [2.24, 2.45) is 0 Å². The van der Waals surface area contributed by atoms with Crippen molar-refractivity contribution >= 4 is 28.8 Å². The summed E-state index contributed by atoms with van der Waals surface area (Å²) in [7, 11) is 0. The molecule has 1 aromatic heterocycles. The van der Waals surface area contributed by atoms with Crippen molar-refractivity contribution in [1.82, 2.24) is 10.3 Å². The summed E-state index contributed by atoms with van der Waals surface area (Å²) in [5.41, 5.74) is 2.71. The number of carbonyl (C=O) groups is 2. The van der Waals surface area contributed by atoms with Crippen molar-refractivity contribution in [2.75, 3.05) is 11.9 Å². The number of rotatable bonds is 8. The van der Waals surface area contributed by atoms with E-state index in [2.05, 4.69) is 22.5 Å². The van der Waals surface area contributed by atoms with E-state index in [0.29, 0.717) is 13.0 Å². The lowest BCUT2D eigenvalue weighted by Crippen LogP contribution is -2.25. The lowest BCUT2D eigenvalue weighted by molar-refractivity contribution is -0.121. The molecule has 0 bridgehead atoms. The molecule has 0 saturated heterocycles. The van der Waals surface area contributed by atoms with E-state index in [4.69, 9.17) is 0 Å². The third-order valence-electron chi connectivity index (χ3n) is 3.47. The average molecular weight is 345 g/mol. The maximum absolute atomic E-state index is 11.6. The fourth-order valence-electron chi connectivity index (χ4n) is 2.22. The first-order valence-corrected chi connectivity index (χ1v) is 9.05. The third-order valence-corrected chi connectivity index (χ3v) is 4.38. The number of benzene rings is 1. The Balaban J connectivity index is 1.86. The van der Waals surface area contributed by atoms with E-state index in [1.807, 2.05) is 29.6 Å². The molecule has 128 valence electrons. The van der Waals surface area contributed by atoms with Crippen LogP contribution in [0.15, 0.2) is 29.6 Å². The first-order valence-electron chi connectivity index (χ1n) is 8.17. The minimum atomic E-state index is -0.0836. The van der Waals surface area contributed by atoms with Gasteiger partial charge in [-0.3, -0.25) is 9.59 Å². The van der Waals surface area contributed by atoms with Gasteiger partial charge in [0.05, 0.1) is 10.7 Å². The molecule has 0 unspecified atom stereocenters. The van der Waals surface area contributed by atoms with Crippen LogP contribution < -0.4 is 10.6 Å². The van der Waals surface area contributed by atoms with Crippen LogP contribution in [-0.2, 0) is 16.0 Å². The standard InChI is InChI=1S/C18H23N3O2S/c1-3-4-5-17(23)19-11-10-18-21-16(12-24-18)14-6-8-15(9-7-14)20-13(2)22/h6-9,12H,3-5,10-11H2,1-2H3,(H,19,23)(H,20,22). The Hall–Kier alpha value is -2.21. The molecular formula is C18H23N3O2S. The number of thiazole rings is 1. The first kappa shape index (κ1) is 18.1. The second-order valence-electron chi connectivity index (χ2n) is 5.59. The quantitative estimate of drug-likeness (QED) is 0.767. The van der Waals surface area contributed by atoms with Gasteiger partial charge in [-0.2, -0.15) is 0 Å². The maximum atomic E-state index is 11.6. The summed E-state index contributed by atoms with van der Waals surface area (Å²) in [5, 5.41) is 8.69. The minimum Gasteiger partial charge on any atom is -0.356 e. The maximum Gasteiger partial charge on any atom is 0.221 e. The SMILES string of the molecule is CCCCC(=O)NCCc1nc(-c2ccc(NC(C)=O)cc2)cs1. The van der Waals surface area contributed by atoms with E-state index in [1.54, 1.807) is 11.3 Å². The Morgan fingerprint density at radius 3 is 2.62 bits per heavy atom. The molecule has 0 atom stereocenters. The molecule has 0 aliphatic rings. The predicted molar refractivity (Wildman–Crippen MR) is 98.1 cm³/mol. The van der Waals surface area contributed by atoms with Crippen LogP contribution in [0.4, 0.5) is 5.69 Å². The van der Waals surface area contributed by atoms with Crippen molar-refractivity contribution in [3.05, 3.63) is 34.7 Å². The van der Waals surface area contributed by atoms with Gasteiger partial charge in [-0.1, -0.05) is 25.5 Å². The summed E-state index contributed by atoms with van der Waals surface area (Å²) < 4.78 is 0. The van der Waals surface area contributed by atoms with Gasteiger partial charge < -0.3 is 10.6 Å². The van der Waals surface area contributed by atoms with E-state index in [9.17, 15) is 9.59 Å². The summed E-state index contributed by atoms with van der Waals surface area (Å²) in [4.78, 5) is 27.2. The highest BCUT2D eigenvalue weighted by Crippen LogP contribution is 2.23. The molecule has 24 heavy (non-hydrogen) atoms. The van der Waals surface area contributed by atoms with E-state index in [0.717, 1.165) is 41.2 Å². The second-order valence-corrected chi connectivity index (χ2v) is 6.53. The van der Waals surface area contributed by atoms with Gasteiger partial charge in [-0.25, -0.2) is 4.98 Å². The number of nitrogens with zero attached hydrogens (tertiary/aromatic N) is 1. The van der Waals surface area contributed by atoms with Crippen LogP contribution in [-0.4, -0.2) is 23.3 Å². The molecule has 0 spiro atoms. The lowest BCUT2D eigenvalue weighted by atomic mass is 10.1. The summed E-state index contributed by atoms with van der Waals surface area (Å²) in [6.07, 6.45) is 3.30. The molecule has 1 aromatic carbocycles. The van der Waals surface area contributed by atoms with Crippen molar-refractivity contribution in [2.45, 2.75) is 39.5 Å². The summed E-state index contributed by atoms with van der Waals surface area (Å²) in [6.45, 7) is 4.19. The first-order chi connectivity index (χ1) is 11.6. The normalized spacial score (nSPS) is 10.4. The van der Waals surface area contributed by atoms with Gasteiger partial charge in [0, 0.05) is 42.9 Å². The number of unbranched alkanes of at least 4 members (excludes halogenated alkanes) is 1. The van der Waals surface area contributed by atoms with Gasteiger partial charge in [-0.15, -0.1) is 11.3 Å². The van der Waals surface area contributed by atoms with Gasteiger partial charge in [0.2, 0.25) is 11.8 Å². The number of hydrogen-bond acceptors (Lipinski definition) is 4. The fourth-order valence-corrected chi connectivity index (χ4v) is 3.03. The molecule has 2 amide bonds. The predicted octanol–water partition coefficient (Wildman–Crippen LogP) is 3.62. The number of hydrogen-bond donors (Lipinski definition) is 2. The van der Waals surface area contributed by atoms with E-state index >= 15 is 0 Å². The minimum absolute atomic E-state index is 0.0836. The van der Waals surface area contributed by atoms with Crippen molar-refractivity contribution in [3.63, 3.8) is 0 Å². The number of anilines is 1. The molecule has 5 nitrogen and oxygen atoms in total. The molecule has 0 fully saturated rings. The lowest BCUT2D eigenvalue weighted by Gasteiger charge is -2.03. The Morgan fingerprint density at radius 2 is 1.96 bits per heavy atom. The number of nitrogens with one attached hydrogen (secondary N) is 2. The third kappa shape index (κ3) is 5.77. The van der Waals surface area contributed by atoms with Gasteiger partial charge in [0.25, 0.3) is 0 Å². The van der Waals surface area contributed by atoms with Gasteiger partial charge in [0.1, 0.15) is 0 Å². The van der Waals surface area contributed by atoms with Crippen LogP contribution in [0, 0.1) is 0 Å². The average Bonchev–Trinajstić information content (AvgIpc) is 3.02. The highest BCUT2D eigenvalue weighted by molar-refractivity contribution is 7.09. The Labute approximate surface area is 146 Å². The summed E-state index contributed by atoms with van der Waals surface area (Å²) >= 11 is 1.60. The fraction of sp³-hybridized carbons (Fsp3) is 0.389. The van der Waals surface area contributed by atoms with E-state index in [1.165, 1.54) is 6.92 Å². The molecular weight excluding hydrogens is 322 g/mol. The molecule has 0 aliphatic carbocycles. The van der Waals surface area contributed by atoms with Crippen LogP contribution in [0.25, 0.3) is 11.3 Å². The number of aromatic nitrogens is 1. The number of amides is 2. The van der Waals surface area contributed by atoms with Crippen LogP contribution in [0.3, 0.4) is 0 Å². The summed E-state index contributed by atoms with van der Waals surface area (Å²) in [5.74, 6) is 0.0295. The van der Waals surface area contributed by atoms with Crippen LogP contribution >= 0.6 is 11.3 Å². The summed E-state index contributed by atoms with van der Waals surface area (Å²) in [6, 6.07) is 7.61. The molecule has 2 rings (SSSR count). The zero-order valence-corrected chi connectivity index (χ0v) is 14.9. The largest absolute Gasteiger partial charge is 0.356 e. The topological polar surface area (TPSA) is 71.1 Å². The van der Waals surface area contributed by atoms with Crippen LogP contribution in [0.5, 0.6) is 0 Å². The monoisotopic (exact) mass is 345 g/mol. The van der Waals surface area contributed by atoms with Crippen LogP contribution in [0.2, 0.25) is 0 Å². The molecule has 0 radical (unpaired) electrons. The molecule has 1 heterocycles. The smallest absolute Gasteiger partial charge is 0.221 e. The van der Waals surface area contributed by atoms with Gasteiger partial charge >= 0.3 is 0 Å². The van der Waals surface area contributed by atoms with Crippen molar-refractivity contribution in [1.29, 1.82) is 0 Å². The van der Waals surface area contributed by atoms with Gasteiger partial charge in [0.15, 0.2) is 0 Å². The molecule has 0 saturated carbocycles. The zero-order chi connectivity index (χ0) is 17.4. The van der Waals surface area contributed by atoms with Gasteiger partial charge in [-0.05, 0) is 18.6 Å². The Bertz CT molecular complexity index is 680. The Kier molecular flexibility index (Phi) is 6.93.